The maximum atomic E-state index is 12.1. The predicted octanol–water partition coefficient (Wildman–Crippen LogP) is 0.922. The van der Waals surface area contributed by atoms with Crippen molar-refractivity contribution in [2.45, 2.75) is 32.5 Å². The van der Waals surface area contributed by atoms with Crippen molar-refractivity contribution in [3.63, 3.8) is 0 Å². The van der Waals surface area contributed by atoms with Crippen molar-refractivity contribution in [2.24, 2.45) is 5.92 Å². The molecule has 0 aliphatic carbocycles. The quantitative estimate of drug-likeness (QED) is 0.812. The summed E-state index contributed by atoms with van der Waals surface area (Å²) in [4.78, 5) is 24.1. The lowest BCUT2D eigenvalue weighted by Gasteiger charge is -2.37. The lowest BCUT2D eigenvalue weighted by molar-refractivity contribution is -0.156. The molecule has 0 aromatic heterocycles. The van der Waals surface area contributed by atoms with Crippen LogP contribution in [0, 0.1) is 5.92 Å². The van der Waals surface area contributed by atoms with E-state index in [-0.39, 0.29) is 18.4 Å². The minimum atomic E-state index is -4.32. The number of halogens is 3. The topological polar surface area (TPSA) is 49.4 Å². The molecule has 1 rings (SSSR count). The Bertz CT molecular complexity index is 315. The number of nitrogens with one attached hydrogen (secondary N) is 1. The van der Waals surface area contributed by atoms with E-state index in [1.54, 1.807) is 13.8 Å². The van der Waals surface area contributed by atoms with Crippen molar-refractivity contribution < 1.29 is 22.8 Å². The van der Waals surface area contributed by atoms with Crippen LogP contribution in [0.1, 0.15) is 20.3 Å². The van der Waals surface area contributed by atoms with Gasteiger partial charge >= 0.3 is 6.18 Å². The second-order valence-corrected chi connectivity index (χ2v) is 4.36. The van der Waals surface area contributed by atoms with Crippen LogP contribution in [-0.4, -0.2) is 42.0 Å². The highest BCUT2D eigenvalue weighted by Crippen LogP contribution is 2.22. The van der Waals surface area contributed by atoms with E-state index < -0.39 is 31.1 Å². The summed E-state index contributed by atoms with van der Waals surface area (Å²) in [6.07, 6.45) is -5.41. The average molecular weight is 252 g/mol. The van der Waals surface area contributed by atoms with Gasteiger partial charge in [-0.05, 0) is 5.92 Å². The zero-order chi connectivity index (χ0) is 13.2. The van der Waals surface area contributed by atoms with Crippen LogP contribution in [0.3, 0.4) is 0 Å². The first-order chi connectivity index (χ1) is 7.72. The van der Waals surface area contributed by atoms with Gasteiger partial charge in [-0.2, -0.15) is 13.2 Å². The Balaban J connectivity index is 2.75. The minimum absolute atomic E-state index is 0.215. The highest BCUT2D eigenvalue weighted by molar-refractivity contribution is 5.94. The lowest BCUT2D eigenvalue weighted by atomic mass is 9.99. The molecule has 17 heavy (non-hydrogen) atoms. The highest BCUT2D eigenvalue weighted by Gasteiger charge is 2.38. The standard InChI is InChI=1S/C10H15F3N2O2/c1-6(2)8-9(17)14-5-7(16)15(8)4-3-10(11,12)13/h6,8H,3-5H2,1-2H3,(H,14,17). The summed E-state index contributed by atoms with van der Waals surface area (Å²) >= 11 is 0. The average Bonchev–Trinajstić information content (AvgIpc) is 2.17. The molecular weight excluding hydrogens is 237 g/mol. The first kappa shape index (κ1) is 13.8. The Morgan fingerprint density at radius 1 is 1.41 bits per heavy atom. The third-order valence-electron chi connectivity index (χ3n) is 2.61. The van der Waals surface area contributed by atoms with Gasteiger partial charge in [-0.15, -0.1) is 0 Å². The third kappa shape index (κ3) is 3.61. The third-order valence-corrected chi connectivity index (χ3v) is 2.61. The number of nitrogens with zero attached hydrogens (tertiary/aromatic N) is 1. The molecule has 1 saturated heterocycles. The monoisotopic (exact) mass is 252 g/mol. The molecule has 2 amide bonds. The molecule has 0 bridgehead atoms. The number of alkyl halides is 3. The largest absolute Gasteiger partial charge is 0.390 e. The molecule has 1 unspecified atom stereocenters. The number of rotatable bonds is 3. The van der Waals surface area contributed by atoms with Crippen LogP contribution < -0.4 is 5.32 Å². The zero-order valence-electron chi connectivity index (χ0n) is 9.67. The van der Waals surface area contributed by atoms with Crippen molar-refractivity contribution in [3.8, 4) is 0 Å². The number of piperazine rings is 1. The molecule has 0 aromatic carbocycles. The summed E-state index contributed by atoms with van der Waals surface area (Å²) in [7, 11) is 0. The second kappa shape index (κ2) is 4.93. The van der Waals surface area contributed by atoms with Crippen molar-refractivity contribution in [1.82, 2.24) is 10.2 Å². The van der Waals surface area contributed by atoms with E-state index in [0.29, 0.717) is 0 Å². The van der Waals surface area contributed by atoms with Crippen LogP contribution >= 0.6 is 0 Å². The summed E-state index contributed by atoms with van der Waals surface area (Å²) in [5, 5.41) is 2.38. The molecule has 0 aromatic rings. The molecule has 1 aliphatic heterocycles. The molecule has 0 saturated carbocycles. The van der Waals surface area contributed by atoms with E-state index in [4.69, 9.17) is 0 Å². The Morgan fingerprint density at radius 3 is 2.47 bits per heavy atom. The van der Waals surface area contributed by atoms with Gasteiger partial charge in [-0.3, -0.25) is 9.59 Å². The summed E-state index contributed by atoms with van der Waals surface area (Å²) in [5.74, 6) is -1.07. The van der Waals surface area contributed by atoms with Crippen molar-refractivity contribution in [1.29, 1.82) is 0 Å². The van der Waals surface area contributed by atoms with E-state index in [9.17, 15) is 22.8 Å². The fourth-order valence-corrected chi connectivity index (χ4v) is 1.84. The smallest absolute Gasteiger partial charge is 0.345 e. The fraction of sp³-hybridized carbons (Fsp3) is 0.800. The van der Waals surface area contributed by atoms with E-state index in [2.05, 4.69) is 5.32 Å². The summed E-state index contributed by atoms with van der Waals surface area (Å²) in [6, 6.07) is -0.807. The van der Waals surface area contributed by atoms with Gasteiger partial charge < -0.3 is 10.2 Å². The number of carbonyl (C=O) groups excluding carboxylic acids is 2. The van der Waals surface area contributed by atoms with Crippen LogP contribution in [-0.2, 0) is 9.59 Å². The van der Waals surface area contributed by atoms with Crippen LogP contribution in [0.4, 0.5) is 13.2 Å². The van der Waals surface area contributed by atoms with Crippen molar-refractivity contribution >= 4 is 11.8 Å². The van der Waals surface area contributed by atoms with Gasteiger partial charge in [0.25, 0.3) is 0 Å². The number of hydrogen-bond donors (Lipinski definition) is 1. The lowest BCUT2D eigenvalue weighted by Crippen LogP contribution is -2.60. The SMILES string of the molecule is CC(C)C1C(=O)NCC(=O)N1CCC(F)(F)F. The Labute approximate surface area is 97.1 Å². The first-order valence-corrected chi connectivity index (χ1v) is 5.36. The van der Waals surface area contributed by atoms with E-state index in [0.717, 1.165) is 4.90 Å². The number of hydrogen-bond acceptors (Lipinski definition) is 2. The molecule has 0 spiro atoms. The molecule has 7 heteroatoms. The van der Waals surface area contributed by atoms with Crippen LogP contribution in [0.15, 0.2) is 0 Å². The number of amides is 2. The zero-order valence-corrected chi connectivity index (χ0v) is 9.67. The van der Waals surface area contributed by atoms with Gasteiger partial charge in [-0.1, -0.05) is 13.8 Å². The van der Waals surface area contributed by atoms with E-state index in [1.165, 1.54) is 0 Å². The summed E-state index contributed by atoms with van der Waals surface area (Å²) in [5.41, 5.74) is 0. The Hall–Kier alpha value is -1.27. The summed E-state index contributed by atoms with van der Waals surface area (Å²) in [6.45, 7) is 2.71. The van der Waals surface area contributed by atoms with Crippen LogP contribution in [0.2, 0.25) is 0 Å². The van der Waals surface area contributed by atoms with Crippen LogP contribution in [0.5, 0.6) is 0 Å². The molecule has 98 valence electrons. The van der Waals surface area contributed by atoms with Crippen molar-refractivity contribution in [3.05, 3.63) is 0 Å². The van der Waals surface area contributed by atoms with E-state index in [1.807, 2.05) is 0 Å². The number of carbonyl (C=O) groups is 2. The van der Waals surface area contributed by atoms with Gasteiger partial charge in [0.2, 0.25) is 11.8 Å². The Kier molecular flexibility index (Phi) is 4.00. The predicted molar refractivity (Wildman–Crippen MR) is 54.0 cm³/mol. The van der Waals surface area contributed by atoms with Gasteiger partial charge in [0, 0.05) is 6.54 Å². The molecule has 1 fully saturated rings. The highest BCUT2D eigenvalue weighted by atomic mass is 19.4. The van der Waals surface area contributed by atoms with Crippen LogP contribution in [0.25, 0.3) is 0 Å². The van der Waals surface area contributed by atoms with Gasteiger partial charge in [0.1, 0.15) is 6.04 Å². The normalized spacial score (nSPS) is 22.0. The van der Waals surface area contributed by atoms with Crippen molar-refractivity contribution in [2.75, 3.05) is 13.1 Å². The van der Waals surface area contributed by atoms with E-state index >= 15 is 0 Å². The maximum absolute atomic E-state index is 12.1. The Morgan fingerprint density at radius 2 is 2.00 bits per heavy atom. The minimum Gasteiger partial charge on any atom is -0.345 e. The molecule has 4 nitrogen and oxygen atoms in total. The molecule has 1 heterocycles. The summed E-state index contributed by atoms with van der Waals surface area (Å²) < 4.78 is 36.4. The second-order valence-electron chi connectivity index (χ2n) is 4.36. The fourth-order valence-electron chi connectivity index (χ4n) is 1.84. The maximum Gasteiger partial charge on any atom is 0.390 e. The molecule has 0 radical (unpaired) electrons. The van der Waals surface area contributed by atoms with Gasteiger partial charge in [0.05, 0.1) is 13.0 Å². The molecule has 1 aliphatic rings. The first-order valence-electron chi connectivity index (χ1n) is 5.36. The van der Waals surface area contributed by atoms with Gasteiger partial charge in [0.15, 0.2) is 0 Å². The molecule has 1 atom stereocenters. The van der Waals surface area contributed by atoms with Gasteiger partial charge in [-0.25, -0.2) is 0 Å². The molecular formula is C10H15F3N2O2. The molecule has 1 N–H and O–H groups in total.